The zero-order valence-electron chi connectivity index (χ0n) is 21.3. The molecule has 33 heavy (non-hydrogen) atoms. The molecule has 0 amide bonds. The molecular formula is C29H41NO3. The van der Waals surface area contributed by atoms with E-state index in [0.29, 0.717) is 12.5 Å². The van der Waals surface area contributed by atoms with Gasteiger partial charge in [0.05, 0.1) is 26.0 Å². The van der Waals surface area contributed by atoms with Crippen LogP contribution in [0.15, 0.2) is 65.3 Å². The zero-order chi connectivity index (χ0) is 24.2. The van der Waals surface area contributed by atoms with Gasteiger partial charge in [-0.2, -0.15) is 0 Å². The Hall–Kier alpha value is -2.59. The van der Waals surface area contributed by atoms with E-state index in [1.807, 2.05) is 43.5 Å². The highest BCUT2D eigenvalue weighted by Gasteiger charge is 2.16. The summed E-state index contributed by atoms with van der Waals surface area (Å²) >= 11 is 0. The SMILES string of the molecule is C=C[C@H](C)[C@H](/C=C(\C)c1cnc(CC[C@H](C)CCC=C(C)C)o1)OCc1ccc(OC)cc1. The van der Waals surface area contributed by atoms with E-state index in [9.17, 15) is 0 Å². The molecule has 0 saturated heterocycles. The average Bonchev–Trinajstić information content (AvgIpc) is 3.29. The van der Waals surface area contributed by atoms with E-state index in [0.717, 1.165) is 47.8 Å². The van der Waals surface area contributed by atoms with Crippen LogP contribution in [0.25, 0.3) is 5.57 Å². The number of allylic oxidation sites excluding steroid dienone is 3. The second kappa shape index (κ2) is 13.8. The molecule has 4 heteroatoms. The second-order valence-corrected chi connectivity index (χ2v) is 9.19. The molecule has 1 aromatic heterocycles. The fourth-order valence-electron chi connectivity index (χ4n) is 3.51. The molecule has 180 valence electrons. The molecule has 2 rings (SSSR count). The Morgan fingerprint density at radius 3 is 2.48 bits per heavy atom. The van der Waals surface area contributed by atoms with Crippen LogP contribution in [0.2, 0.25) is 0 Å². The van der Waals surface area contributed by atoms with Crippen molar-refractivity contribution in [2.24, 2.45) is 11.8 Å². The summed E-state index contributed by atoms with van der Waals surface area (Å²) < 4.78 is 17.5. The first kappa shape index (κ1) is 26.7. The monoisotopic (exact) mass is 451 g/mol. The Kier molecular flexibility index (Phi) is 11.2. The molecule has 0 N–H and O–H groups in total. The molecular weight excluding hydrogens is 410 g/mol. The number of hydrogen-bond donors (Lipinski definition) is 0. The van der Waals surface area contributed by atoms with Crippen molar-refractivity contribution in [2.45, 2.75) is 73.0 Å². The number of rotatable bonds is 14. The summed E-state index contributed by atoms with van der Waals surface area (Å²) in [7, 11) is 1.67. The van der Waals surface area contributed by atoms with Crippen molar-refractivity contribution >= 4 is 5.57 Å². The fourth-order valence-corrected chi connectivity index (χ4v) is 3.51. The molecule has 2 aromatic rings. The van der Waals surface area contributed by atoms with Gasteiger partial charge in [-0.3, -0.25) is 0 Å². The van der Waals surface area contributed by atoms with Crippen LogP contribution in [-0.2, 0) is 17.8 Å². The summed E-state index contributed by atoms with van der Waals surface area (Å²) in [6.45, 7) is 15.2. The van der Waals surface area contributed by atoms with E-state index < -0.39 is 0 Å². The number of benzene rings is 1. The lowest BCUT2D eigenvalue weighted by molar-refractivity contribution is 0.0504. The van der Waals surface area contributed by atoms with Gasteiger partial charge in [0.1, 0.15) is 11.5 Å². The van der Waals surface area contributed by atoms with E-state index in [-0.39, 0.29) is 12.0 Å². The summed E-state index contributed by atoms with van der Waals surface area (Å²) in [5, 5.41) is 0. The van der Waals surface area contributed by atoms with Crippen LogP contribution < -0.4 is 4.74 Å². The Morgan fingerprint density at radius 1 is 1.12 bits per heavy atom. The van der Waals surface area contributed by atoms with Crippen LogP contribution in [0.3, 0.4) is 0 Å². The Labute approximate surface area is 200 Å². The van der Waals surface area contributed by atoms with Gasteiger partial charge in [0.15, 0.2) is 5.89 Å². The molecule has 0 saturated carbocycles. The predicted octanol–water partition coefficient (Wildman–Crippen LogP) is 7.81. The van der Waals surface area contributed by atoms with Gasteiger partial charge in [-0.1, -0.05) is 43.7 Å². The van der Waals surface area contributed by atoms with E-state index in [4.69, 9.17) is 13.9 Å². The molecule has 4 nitrogen and oxygen atoms in total. The Bertz CT molecular complexity index is 903. The molecule has 0 spiro atoms. The third-order valence-corrected chi connectivity index (χ3v) is 5.91. The Morgan fingerprint density at radius 2 is 1.85 bits per heavy atom. The van der Waals surface area contributed by atoms with Gasteiger partial charge in [0.25, 0.3) is 0 Å². The first-order valence-corrected chi connectivity index (χ1v) is 12.0. The smallest absolute Gasteiger partial charge is 0.194 e. The summed E-state index contributed by atoms with van der Waals surface area (Å²) in [6.07, 6.45) is 12.4. The quantitative estimate of drug-likeness (QED) is 0.275. The topological polar surface area (TPSA) is 44.5 Å². The van der Waals surface area contributed by atoms with Crippen molar-refractivity contribution in [1.29, 1.82) is 0 Å². The van der Waals surface area contributed by atoms with Crippen molar-refractivity contribution in [3.8, 4) is 5.75 Å². The number of hydrogen-bond acceptors (Lipinski definition) is 4. The standard InChI is InChI=1S/C29H41NO3/c1-8-23(5)27(32-20-25-13-15-26(31-7)16-14-25)18-24(6)28-19-30-29(33-28)17-12-22(4)11-9-10-21(2)3/h8,10,13-16,18-19,22-23,27H,1,9,11-12,17,20H2,2-7H3/b24-18+/t22-,23+,27+/m1/s1. The van der Waals surface area contributed by atoms with Crippen molar-refractivity contribution in [2.75, 3.05) is 7.11 Å². The highest BCUT2D eigenvalue weighted by atomic mass is 16.5. The van der Waals surface area contributed by atoms with Crippen LogP contribution in [0.1, 0.15) is 71.1 Å². The van der Waals surface area contributed by atoms with E-state index >= 15 is 0 Å². The number of oxazole rings is 1. The van der Waals surface area contributed by atoms with E-state index in [2.05, 4.69) is 51.4 Å². The first-order valence-electron chi connectivity index (χ1n) is 12.0. The molecule has 1 aromatic carbocycles. The third-order valence-electron chi connectivity index (χ3n) is 5.91. The number of nitrogens with zero attached hydrogens (tertiary/aromatic N) is 1. The molecule has 0 aliphatic rings. The molecule has 0 aliphatic heterocycles. The lowest BCUT2D eigenvalue weighted by Gasteiger charge is -2.20. The van der Waals surface area contributed by atoms with Crippen LogP contribution in [-0.4, -0.2) is 18.2 Å². The number of aryl methyl sites for hydroxylation is 1. The minimum Gasteiger partial charge on any atom is -0.497 e. The Balaban J connectivity index is 1.96. The van der Waals surface area contributed by atoms with Crippen molar-refractivity contribution in [3.63, 3.8) is 0 Å². The number of methoxy groups -OCH3 is 1. The molecule has 0 aliphatic carbocycles. The fraction of sp³-hybridized carbons (Fsp3) is 0.483. The summed E-state index contributed by atoms with van der Waals surface area (Å²) in [4.78, 5) is 4.51. The molecule has 1 heterocycles. The van der Waals surface area contributed by atoms with Gasteiger partial charge in [0.2, 0.25) is 0 Å². The van der Waals surface area contributed by atoms with Crippen LogP contribution in [0.4, 0.5) is 0 Å². The second-order valence-electron chi connectivity index (χ2n) is 9.19. The lowest BCUT2D eigenvalue weighted by Crippen LogP contribution is -2.18. The highest BCUT2D eigenvalue weighted by Crippen LogP contribution is 2.23. The van der Waals surface area contributed by atoms with Crippen LogP contribution in [0, 0.1) is 11.8 Å². The highest BCUT2D eigenvalue weighted by molar-refractivity contribution is 5.59. The van der Waals surface area contributed by atoms with Gasteiger partial charge in [-0.05, 0) is 75.3 Å². The van der Waals surface area contributed by atoms with E-state index in [1.165, 1.54) is 12.0 Å². The normalized spacial score (nSPS) is 14.4. The minimum absolute atomic E-state index is 0.103. The third kappa shape index (κ3) is 9.43. The molecule has 0 radical (unpaired) electrons. The summed E-state index contributed by atoms with van der Waals surface area (Å²) in [5.74, 6) is 3.27. The largest absolute Gasteiger partial charge is 0.497 e. The van der Waals surface area contributed by atoms with Gasteiger partial charge in [-0.25, -0.2) is 4.98 Å². The van der Waals surface area contributed by atoms with Gasteiger partial charge in [0, 0.05) is 12.3 Å². The maximum atomic E-state index is 6.23. The molecule has 0 unspecified atom stereocenters. The van der Waals surface area contributed by atoms with Crippen molar-refractivity contribution in [3.05, 3.63) is 78.1 Å². The number of aromatic nitrogens is 1. The van der Waals surface area contributed by atoms with E-state index in [1.54, 1.807) is 7.11 Å². The maximum Gasteiger partial charge on any atom is 0.194 e. The van der Waals surface area contributed by atoms with Crippen LogP contribution >= 0.6 is 0 Å². The summed E-state index contributed by atoms with van der Waals surface area (Å²) in [6, 6.07) is 7.94. The summed E-state index contributed by atoms with van der Waals surface area (Å²) in [5.41, 5.74) is 3.52. The zero-order valence-corrected chi connectivity index (χ0v) is 21.3. The molecule has 0 fully saturated rings. The predicted molar refractivity (Wildman–Crippen MR) is 137 cm³/mol. The lowest BCUT2D eigenvalue weighted by atomic mass is 9.99. The minimum atomic E-state index is -0.103. The van der Waals surface area contributed by atoms with Gasteiger partial charge in [-0.15, -0.1) is 6.58 Å². The van der Waals surface area contributed by atoms with Crippen molar-refractivity contribution in [1.82, 2.24) is 4.98 Å². The first-order chi connectivity index (χ1) is 15.8. The van der Waals surface area contributed by atoms with Crippen LogP contribution in [0.5, 0.6) is 5.75 Å². The van der Waals surface area contributed by atoms with Crippen molar-refractivity contribution < 1.29 is 13.9 Å². The molecule has 0 bridgehead atoms. The average molecular weight is 452 g/mol. The van der Waals surface area contributed by atoms with Gasteiger partial charge < -0.3 is 13.9 Å². The molecule has 3 atom stereocenters. The maximum absolute atomic E-state index is 6.23. The van der Waals surface area contributed by atoms with Gasteiger partial charge >= 0.3 is 0 Å². The number of ether oxygens (including phenoxy) is 2.